The summed E-state index contributed by atoms with van der Waals surface area (Å²) in [5.41, 5.74) is 0. The second-order valence-electron chi connectivity index (χ2n) is 3.22. The average Bonchev–Trinajstić information content (AvgIpc) is 2.82. The van der Waals surface area contributed by atoms with Gasteiger partial charge in [-0.15, -0.1) is 0 Å². The summed E-state index contributed by atoms with van der Waals surface area (Å²) < 4.78 is 0. The summed E-state index contributed by atoms with van der Waals surface area (Å²) in [5, 5.41) is 0. The summed E-state index contributed by atoms with van der Waals surface area (Å²) in [6.45, 7) is 3.12. The Labute approximate surface area is 85.0 Å². The Kier molecular flexibility index (Phi) is 4.50. The number of hydrogen-bond acceptors (Lipinski definition) is 3. The van der Waals surface area contributed by atoms with E-state index >= 15 is 0 Å². The summed E-state index contributed by atoms with van der Waals surface area (Å²) in [5.74, 6) is 0.839. The van der Waals surface area contributed by atoms with Crippen LogP contribution in [-0.4, -0.2) is 35.3 Å². The minimum absolute atomic E-state index is 0. The Morgan fingerprint density at radius 3 is 2.33 bits per heavy atom. The van der Waals surface area contributed by atoms with Crippen molar-refractivity contribution in [1.29, 1.82) is 0 Å². The molecule has 2 rings (SSSR count). The van der Waals surface area contributed by atoms with Gasteiger partial charge in [-0.3, -0.25) is 0 Å². The smallest absolute Gasteiger partial charge is 0.870 e. The molecule has 1 saturated heterocycles. The molecule has 1 unspecified atom stereocenters. The fourth-order valence-electron chi connectivity index (χ4n) is 1.81. The molecule has 3 atom stereocenters. The van der Waals surface area contributed by atoms with E-state index in [1.54, 1.807) is 0 Å². The van der Waals surface area contributed by atoms with Gasteiger partial charge in [-0.2, -0.15) is 0 Å². The molecule has 2 aliphatic rings. The largest absolute Gasteiger partial charge is 1.00 e. The summed E-state index contributed by atoms with van der Waals surface area (Å²) in [6, 6.07) is 0.750. The van der Waals surface area contributed by atoms with E-state index < -0.39 is 0 Å². The molecule has 0 amide bonds. The molecule has 2 fully saturated rings. The van der Waals surface area contributed by atoms with Crippen LogP contribution in [0.15, 0.2) is 0 Å². The van der Waals surface area contributed by atoms with Crippen LogP contribution in [0.1, 0.15) is 19.8 Å². The summed E-state index contributed by atoms with van der Waals surface area (Å²) in [7, 11) is 0. The normalized spacial score (nSPS) is 37.6. The van der Waals surface area contributed by atoms with Crippen molar-refractivity contribution in [3.05, 3.63) is 0 Å². The minimum Gasteiger partial charge on any atom is -0.870 e. The van der Waals surface area contributed by atoms with E-state index in [4.69, 9.17) is 0 Å². The molecular formula is C8H13LiNO2-. The standard InChI is InChI=1S/C8H12NO.Li.H2O/c1-2-9-7(5-10)8(9)6-3-4-6;;/h6-8H,2-4H2,1H3;;1H2/q-1;+1;/p-1/t7-,8+,9?;;/m0../s1. The molecule has 3 nitrogen and oxygen atoms in total. The first-order chi connectivity index (χ1) is 4.88. The van der Waals surface area contributed by atoms with E-state index in [9.17, 15) is 4.79 Å². The zero-order chi connectivity index (χ0) is 7.14. The molecule has 1 heterocycles. The van der Waals surface area contributed by atoms with Crippen LogP contribution < -0.4 is 18.9 Å². The van der Waals surface area contributed by atoms with Gasteiger partial charge in [-0.05, 0) is 25.3 Å². The van der Waals surface area contributed by atoms with Gasteiger partial charge in [0.1, 0.15) is 0 Å². The first-order valence-electron chi connectivity index (χ1n) is 4.02. The van der Waals surface area contributed by atoms with E-state index in [0.29, 0.717) is 6.04 Å². The van der Waals surface area contributed by atoms with Crippen molar-refractivity contribution in [2.45, 2.75) is 31.8 Å². The number of hydrogen-bond donors (Lipinski definition) is 0. The molecule has 1 saturated carbocycles. The third-order valence-electron chi connectivity index (χ3n) is 2.56. The van der Waals surface area contributed by atoms with Crippen molar-refractivity contribution in [3.8, 4) is 0 Å². The summed E-state index contributed by atoms with van der Waals surface area (Å²) in [6.07, 6.45) is 4.75. The third-order valence-corrected chi connectivity index (χ3v) is 2.56. The van der Waals surface area contributed by atoms with Gasteiger partial charge in [0.25, 0.3) is 0 Å². The predicted octanol–water partition coefficient (Wildman–Crippen LogP) is -2.59. The molecule has 64 valence electrons. The Morgan fingerprint density at radius 1 is 1.50 bits per heavy atom. The molecule has 0 bridgehead atoms. The van der Waals surface area contributed by atoms with E-state index in [-0.39, 0.29) is 30.4 Å². The van der Waals surface area contributed by atoms with Crippen LogP contribution in [0.3, 0.4) is 0 Å². The van der Waals surface area contributed by atoms with Crippen LogP contribution in [0.25, 0.3) is 0 Å². The third kappa shape index (κ3) is 1.92. The average molecular weight is 162 g/mol. The molecule has 4 heteroatoms. The van der Waals surface area contributed by atoms with Gasteiger partial charge in [0.2, 0.25) is 0 Å². The zero-order valence-electron chi connectivity index (χ0n) is 7.66. The molecule has 0 aromatic carbocycles. The SMILES string of the molecule is CCN1[C@H](C2CC2)[C@@H]1[C-]=O.[Li+].[OH-]. The van der Waals surface area contributed by atoms with Crippen LogP contribution in [0.2, 0.25) is 0 Å². The van der Waals surface area contributed by atoms with Gasteiger partial charge < -0.3 is 15.2 Å². The van der Waals surface area contributed by atoms with Gasteiger partial charge in [-0.25, -0.2) is 6.29 Å². The number of likely N-dealkylation sites (N-methyl/N-ethyl adjacent to an activating group) is 1. The van der Waals surface area contributed by atoms with E-state index in [1.165, 1.54) is 12.8 Å². The van der Waals surface area contributed by atoms with Crippen molar-refractivity contribution >= 4 is 6.29 Å². The van der Waals surface area contributed by atoms with Crippen molar-refractivity contribution in [1.82, 2.24) is 4.90 Å². The maximum Gasteiger partial charge on any atom is 1.00 e. The van der Waals surface area contributed by atoms with Crippen molar-refractivity contribution in [2.75, 3.05) is 6.54 Å². The molecule has 0 aromatic heterocycles. The van der Waals surface area contributed by atoms with Crippen LogP contribution in [-0.2, 0) is 4.79 Å². The maximum absolute atomic E-state index is 10.3. The Balaban J connectivity index is 0.000000605. The monoisotopic (exact) mass is 162 g/mol. The van der Waals surface area contributed by atoms with Crippen molar-refractivity contribution in [3.63, 3.8) is 0 Å². The molecule has 0 radical (unpaired) electrons. The van der Waals surface area contributed by atoms with Crippen LogP contribution in [0.4, 0.5) is 0 Å². The van der Waals surface area contributed by atoms with Crippen molar-refractivity contribution in [2.24, 2.45) is 5.92 Å². The summed E-state index contributed by atoms with van der Waals surface area (Å²) >= 11 is 0. The molecule has 1 aliphatic carbocycles. The molecule has 12 heavy (non-hydrogen) atoms. The van der Waals surface area contributed by atoms with E-state index in [1.807, 2.05) is 0 Å². The van der Waals surface area contributed by atoms with Gasteiger partial charge in [0.05, 0.1) is 0 Å². The second-order valence-corrected chi connectivity index (χ2v) is 3.22. The number of nitrogens with zero attached hydrogens (tertiary/aromatic N) is 1. The fraction of sp³-hybridized carbons (Fsp3) is 0.875. The quantitative estimate of drug-likeness (QED) is 0.260. The van der Waals surface area contributed by atoms with Crippen LogP contribution in [0.5, 0.6) is 0 Å². The van der Waals surface area contributed by atoms with Crippen LogP contribution in [0, 0.1) is 5.92 Å². The summed E-state index contributed by atoms with van der Waals surface area (Å²) in [4.78, 5) is 12.5. The van der Waals surface area contributed by atoms with Gasteiger partial charge in [0, 0.05) is 6.04 Å². The Hall–Kier alpha value is 0.187. The number of carbonyl (C=O) groups excluding carboxylic acids is 1. The van der Waals surface area contributed by atoms with E-state index in [0.717, 1.165) is 12.5 Å². The first-order valence-corrected chi connectivity index (χ1v) is 4.02. The van der Waals surface area contributed by atoms with Gasteiger partial charge >= 0.3 is 18.9 Å². The van der Waals surface area contributed by atoms with E-state index in [2.05, 4.69) is 18.1 Å². The topological polar surface area (TPSA) is 50.1 Å². The molecule has 1 N–H and O–H groups in total. The predicted molar refractivity (Wildman–Crippen MR) is 40.3 cm³/mol. The zero-order valence-corrected chi connectivity index (χ0v) is 7.66. The Bertz CT molecular complexity index is 161. The molecule has 1 aliphatic heterocycles. The molecule has 0 aromatic rings. The fourth-order valence-corrected chi connectivity index (χ4v) is 1.81. The minimum atomic E-state index is 0. The maximum atomic E-state index is 10.3. The first kappa shape index (κ1) is 12.2. The van der Waals surface area contributed by atoms with Crippen molar-refractivity contribution < 1.29 is 29.1 Å². The van der Waals surface area contributed by atoms with Gasteiger partial charge in [0.15, 0.2) is 0 Å². The number of rotatable bonds is 3. The Morgan fingerprint density at radius 2 is 2.08 bits per heavy atom. The van der Waals surface area contributed by atoms with Gasteiger partial charge in [-0.1, -0.05) is 13.0 Å². The second kappa shape index (κ2) is 4.43. The molecule has 0 spiro atoms. The molecular weight excluding hydrogens is 149 g/mol. The van der Waals surface area contributed by atoms with Crippen LogP contribution >= 0.6 is 0 Å².